The topological polar surface area (TPSA) is 46.6 Å². The van der Waals surface area contributed by atoms with Gasteiger partial charge in [0.05, 0.1) is 6.04 Å². The first-order valence-corrected chi connectivity index (χ1v) is 5.12. The average molecular weight is 211 g/mol. The molecule has 0 aromatic heterocycles. The fourth-order valence-electron chi connectivity index (χ4n) is 1.47. The second-order valence-corrected chi connectivity index (χ2v) is 4.04. The molecular formula is C11H17NO3. The molecule has 0 saturated carbocycles. The highest BCUT2D eigenvalue weighted by atomic mass is 16.6. The Labute approximate surface area is 89.9 Å². The molecule has 1 heterocycles. The molecule has 0 spiro atoms. The highest BCUT2D eigenvalue weighted by molar-refractivity contribution is 6.03. The summed E-state index contributed by atoms with van der Waals surface area (Å²) in [5, 5.41) is 0. The van der Waals surface area contributed by atoms with Crippen molar-refractivity contribution in [2.45, 2.75) is 33.7 Å². The molecule has 0 radical (unpaired) electrons. The van der Waals surface area contributed by atoms with Crippen molar-refractivity contribution in [1.82, 2.24) is 4.90 Å². The van der Waals surface area contributed by atoms with Gasteiger partial charge in [-0.3, -0.25) is 4.79 Å². The van der Waals surface area contributed by atoms with Crippen molar-refractivity contribution in [3.63, 3.8) is 0 Å². The van der Waals surface area contributed by atoms with Gasteiger partial charge in [0, 0.05) is 5.57 Å². The van der Waals surface area contributed by atoms with Crippen LogP contribution >= 0.6 is 0 Å². The lowest BCUT2D eigenvalue weighted by Crippen LogP contribution is -2.42. The minimum atomic E-state index is -0.528. The molecule has 15 heavy (non-hydrogen) atoms. The summed E-state index contributed by atoms with van der Waals surface area (Å²) in [6.45, 7) is 7.72. The number of rotatable bonds is 2. The maximum Gasteiger partial charge on any atom is 0.417 e. The largest absolute Gasteiger partial charge is 0.447 e. The zero-order valence-corrected chi connectivity index (χ0v) is 9.61. The van der Waals surface area contributed by atoms with Gasteiger partial charge in [-0.05, 0) is 19.8 Å². The summed E-state index contributed by atoms with van der Waals surface area (Å²) < 4.78 is 4.89. The van der Waals surface area contributed by atoms with Crippen LogP contribution in [-0.4, -0.2) is 29.5 Å². The Balaban J connectivity index is 2.90. The average Bonchev–Trinajstić information content (AvgIpc) is 2.58. The van der Waals surface area contributed by atoms with Crippen molar-refractivity contribution in [3.05, 3.63) is 11.6 Å². The lowest BCUT2D eigenvalue weighted by molar-refractivity contribution is -0.125. The van der Waals surface area contributed by atoms with Gasteiger partial charge in [-0.15, -0.1) is 0 Å². The summed E-state index contributed by atoms with van der Waals surface area (Å²) in [7, 11) is 0. The summed E-state index contributed by atoms with van der Waals surface area (Å²) >= 11 is 0. The third-order valence-corrected chi connectivity index (χ3v) is 2.66. The minimum absolute atomic E-state index is 0.139. The number of hydrogen-bond acceptors (Lipinski definition) is 3. The first-order chi connectivity index (χ1) is 6.99. The number of allylic oxidation sites excluding steroid dienone is 1. The van der Waals surface area contributed by atoms with E-state index in [1.807, 2.05) is 13.8 Å². The predicted molar refractivity (Wildman–Crippen MR) is 56.3 cm³/mol. The third-order valence-electron chi connectivity index (χ3n) is 2.66. The number of amides is 2. The van der Waals surface area contributed by atoms with Crippen LogP contribution in [0.3, 0.4) is 0 Å². The Bertz CT molecular complexity index is 307. The fraction of sp³-hybridized carbons (Fsp3) is 0.636. The summed E-state index contributed by atoms with van der Waals surface area (Å²) in [4.78, 5) is 24.5. The first kappa shape index (κ1) is 11.8. The summed E-state index contributed by atoms with van der Waals surface area (Å²) in [6, 6.07) is -0.139. The van der Waals surface area contributed by atoms with E-state index in [-0.39, 0.29) is 17.9 Å². The van der Waals surface area contributed by atoms with Crippen LogP contribution < -0.4 is 0 Å². The molecule has 84 valence electrons. The lowest BCUT2D eigenvalue weighted by atomic mass is 10.0. The van der Waals surface area contributed by atoms with Gasteiger partial charge in [0.1, 0.15) is 6.61 Å². The second kappa shape index (κ2) is 4.47. The molecule has 1 aliphatic rings. The van der Waals surface area contributed by atoms with Crippen LogP contribution in [0.4, 0.5) is 4.79 Å². The van der Waals surface area contributed by atoms with Gasteiger partial charge in [-0.1, -0.05) is 19.9 Å². The van der Waals surface area contributed by atoms with E-state index in [9.17, 15) is 9.59 Å². The first-order valence-electron chi connectivity index (χ1n) is 5.12. The van der Waals surface area contributed by atoms with E-state index in [2.05, 4.69) is 0 Å². The van der Waals surface area contributed by atoms with Crippen molar-refractivity contribution >= 4 is 12.0 Å². The fourth-order valence-corrected chi connectivity index (χ4v) is 1.47. The summed E-state index contributed by atoms with van der Waals surface area (Å²) in [5.41, 5.74) is 0.569. The highest BCUT2D eigenvalue weighted by Crippen LogP contribution is 2.21. The molecule has 0 aliphatic carbocycles. The molecule has 1 rings (SSSR count). The molecule has 0 N–H and O–H groups in total. The Morgan fingerprint density at radius 1 is 1.60 bits per heavy atom. The van der Waals surface area contributed by atoms with E-state index in [1.165, 1.54) is 4.90 Å². The second-order valence-electron chi connectivity index (χ2n) is 4.04. The third kappa shape index (κ3) is 2.19. The predicted octanol–water partition coefficient (Wildman–Crippen LogP) is 1.96. The van der Waals surface area contributed by atoms with Crippen LogP contribution in [0.5, 0.6) is 0 Å². The number of cyclic esters (lactones) is 1. The quantitative estimate of drug-likeness (QED) is 0.656. The minimum Gasteiger partial charge on any atom is -0.447 e. The van der Waals surface area contributed by atoms with Gasteiger partial charge in [-0.25, -0.2) is 9.69 Å². The molecule has 2 amide bonds. The van der Waals surface area contributed by atoms with Crippen molar-refractivity contribution in [2.75, 3.05) is 6.61 Å². The highest BCUT2D eigenvalue weighted by Gasteiger charge is 2.39. The van der Waals surface area contributed by atoms with E-state index < -0.39 is 6.09 Å². The molecule has 0 aromatic carbocycles. The van der Waals surface area contributed by atoms with Gasteiger partial charge in [0.25, 0.3) is 5.91 Å². The molecule has 4 nitrogen and oxygen atoms in total. The maximum atomic E-state index is 11.9. The number of hydrogen-bond donors (Lipinski definition) is 0. The molecule has 1 aliphatic heterocycles. The van der Waals surface area contributed by atoms with Gasteiger partial charge in [0.2, 0.25) is 0 Å². The number of imide groups is 1. The Kier molecular flexibility index (Phi) is 3.50. The van der Waals surface area contributed by atoms with Crippen molar-refractivity contribution in [2.24, 2.45) is 5.92 Å². The number of nitrogens with zero attached hydrogens (tertiary/aromatic N) is 1. The smallest absolute Gasteiger partial charge is 0.417 e. The molecule has 0 aromatic rings. The van der Waals surface area contributed by atoms with E-state index in [4.69, 9.17) is 4.74 Å². The summed E-state index contributed by atoms with van der Waals surface area (Å²) in [5.74, 6) is -0.0382. The Morgan fingerprint density at radius 2 is 2.20 bits per heavy atom. The van der Waals surface area contributed by atoms with E-state index in [1.54, 1.807) is 19.9 Å². The van der Waals surface area contributed by atoms with Crippen LogP contribution in [0, 0.1) is 5.92 Å². The lowest BCUT2D eigenvalue weighted by Gasteiger charge is -2.22. The van der Waals surface area contributed by atoms with Crippen molar-refractivity contribution < 1.29 is 14.3 Å². The van der Waals surface area contributed by atoms with Crippen molar-refractivity contribution in [1.29, 1.82) is 0 Å². The molecule has 1 atom stereocenters. The van der Waals surface area contributed by atoms with Crippen LogP contribution in [0.25, 0.3) is 0 Å². The SMILES string of the molecule is C/C=C(/C)C(=O)N1C(=O)OC[C@@H]1C(C)C. The Hall–Kier alpha value is -1.32. The van der Waals surface area contributed by atoms with Gasteiger partial charge in [-0.2, -0.15) is 0 Å². The van der Waals surface area contributed by atoms with E-state index in [0.29, 0.717) is 12.2 Å². The zero-order chi connectivity index (χ0) is 11.6. The number of carbonyl (C=O) groups excluding carboxylic acids is 2. The van der Waals surface area contributed by atoms with Gasteiger partial charge in [0.15, 0.2) is 0 Å². The number of carbonyl (C=O) groups is 2. The number of ether oxygens (including phenoxy) is 1. The van der Waals surface area contributed by atoms with Crippen LogP contribution in [0.1, 0.15) is 27.7 Å². The molecule has 4 heteroatoms. The Morgan fingerprint density at radius 3 is 2.67 bits per heavy atom. The van der Waals surface area contributed by atoms with Crippen molar-refractivity contribution in [3.8, 4) is 0 Å². The molecule has 1 saturated heterocycles. The van der Waals surface area contributed by atoms with E-state index >= 15 is 0 Å². The van der Waals surface area contributed by atoms with Gasteiger partial charge >= 0.3 is 6.09 Å². The van der Waals surface area contributed by atoms with E-state index in [0.717, 1.165) is 0 Å². The monoisotopic (exact) mass is 211 g/mol. The molecule has 0 unspecified atom stereocenters. The standard InChI is InChI=1S/C11H17NO3/c1-5-8(4)10(13)12-9(7(2)3)6-15-11(12)14/h5,7,9H,6H2,1-4H3/b8-5-/t9-/m1/s1. The zero-order valence-electron chi connectivity index (χ0n) is 9.61. The van der Waals surface area contributed by atoms with Crippen LogP contribution in [-0.2, 0) is 9.53 Å². The normalized spacial score (nSPS) is 22.2. The molecule has 0 bridgehead atoms. The summed E-state index contributed by atoms with van der Waals surface area (Å²) in [6.07, 6.45) is 1.17. The van der Waals surface area contributed by atoms with Crippen LogP contribution in [0.15, 0.2) is 11.6 Å². The van der Waals surface area contributed by atoms with Crippen LogP contribution in [0.2, 0.25) is 0 Å². The molecule has 1 fully saturated rings. The van der Waals surface area contributed by atoms with Gasteiger partial charge < -0.3 is 4.74 Å². The molecular weight excluding hydrogens is 194 g/mol. The maximum absolute atomic E-state index is 11.9.